The predicted molar refractivity (Wildman–Crippen MR) is 97.3 cm³/mol. The number of aromatic nitrogens is 3. The smallest absolute Gasteiger partial charge is 0.368 e. The highest BCUT2D eigenvalue weighted by Crippen LogP contribution is 2.28. The molecule has 0 N–H and O–H groups in total. The van der Waals surface area contributed by atoms with Crippen molar-refractivity contribution in [2.45, 2.75) is 19.9 Å². The maximum atomic E-state index is 11.1. The standard InChI is InChI=1S/C18H17N5O3/c1-3-14-13(12-6-4-5-7-15(12)26-14)11-21(2)17-9-8-16-19-10-18(23(24)25)22(16)20-17/h4-10H,3,11H2,1-2H3. The molecule has 8 heteroatoms. The van der Waals surface area contributed by atoms with E-state index in [1.807, 2.05) is 36.2 Å². The van der Waals surface area contributed by atoms with Crippen LogP contribution in [0.2, 0.25) is 0 Å². The second kappa shape index (κ2) is 6.14. The normalized spacial score (nSPS) is 11.3. The zero-order valence-electron chi connectivity index (χ0n) is 14.4. The molecular weight excluding hydrogens is 334 g/mol. The lowest BCUT2D eigenvalue weighted by molar-refractivity contribution is -0.391. The summed E-state index contributed by atoms with van der Waals surface area (Å²) in [6, 6.07) is 11.5. The van der Waals surface area contributed by atoms with E-state index in [1.165, 1.54) is 10.7 Å². The van der Waals surface area contributed by atoms with Crippen molar-refractivity contribution in [1.29, 1.82) is 0 Å². The van der Waals surface area contributed by atoms with Crippen molar-refractivity contribution in [2.75, 3.05) is 11.9 Å². The van der Waals surface area contributed by atoms with Crippen LogP contribution in [0.4, 0.5) is 11.6 Å². The molecule has 1 aromatic carbocycles. The van der Waals surface area contributed by atoms with Crippen molar-refractivity contribution in [2.24, 2.45) is 0 Å². The van der Waals surface area contributed by atoms with Gasteiger partial charge in [-0.3, -0.25) is 0 Å². The minimum absolute atomic E-state index is 0.154. The van der Waals surface area contributed by atoms with Crippen molar-refractivity contribution in [3.63, 3.8) is 0 Å². The highest BCUT2D eigenvalue weighted by Gasteiger charge is 2.19. The van der Waals surface area contributed by atoms with Gasteiger partial charge in [0.25, 0.3) is 0 Å². The number of nitro groups is 1. The molecule has 8 nitrogen and oxygen atoms in total. The summed E-state index contributed by atoms with van der Waals surface area (Å²) in [6.07, 6.45) is 2.00. The topological polar surface area (TPSA) is 89.7 Å². The third kappa shape index (κ3) is 2.55. The summed E-state index contributed by atoms with van der Waals surface area (Å²) in [5, 5.41) is 16.6. The zero-order chi connectivity index (χ0) is 18.3. The summed E-state index contributed by atoms with van der Waals surface area (Å²) in [7, 11) is 1.90. The number of anilines is 1. The highest BCUT2D eigenvalue weighted by molar-refractivity contribution is 5.82. The number of hydrogen-bond acceptors (Lipinski definition) is 6. The second-order valence-corrected chi connectivity index (χ2v) is 6.04. The van der Waals surface area contributed by atoms with Crippen LogP contribution in [-0.4, -0.2) is 26.6 Å². The van der Waals surface area contributed by atoms with Gasteiger partial charge in [0.05, 0.1) is 0 Å². The first kappa shape index (κ1) is 16.1. The van der Waals surface area contributed by atoms with Gasteiger partial charge in [0.1, 0.15) is 17.5 Å². The first-order valence-electron chi connectivity index (χ1n) is 8.28. The SMILES string of the molecule is CCc1oc2ccccc2c1CN(C)c1ccc2ncc([N+](=O)[O-])n2n1. The fraction of sp³-hybridized carbons (Fsp3) is 0.222. The fourth-order valence-corrected chi connectivity index (χ4v) is 3.11. The molecule has 3 heterocycles. The highest BCUT2D eigenvalue weighted by atomic mass is 16.6. The van der Waals surface area contributed by atoms with E-state index in [4.69, 9.17) is 4.42 Å². The van der Waals surface area contributed by atoms with E-state index in [2.05, 4.69) is 17.0 Å². The molecule has 0 atom stereocenters. The number of furan rings is 1. The molecule has 4 aromatic rings. The molecule has 132 valence electrons. The summed E-state index contributed by atoms with van der Waals surface area (Å²) in [5.74, 6) is 1.40. The van der Waals surface area contributed by atoms with Crippen molar-refractivity contribution < 1.29 is 9.34 Å². The zero-order valence-corrected chi connectivity index (χ0v) is 14.4. The second-order valence-electron chi connectivity index (χ2n) is 6.04. The van der Waals surface area contributed by atoms with Crippen molar-refractivity contribution >= 4 is 28.3 Å². The molecule has 0 amide bonds. The lowest BCUT2D eigenvalue weighted by Crippen LogP contribution is -2.19. The van der Waals surface area contributed by atoms with Gasteiger partial charge in [-0.25, -0.2) is 4.98 Å². The van der Waals surface area contributed by atoms with Crippen molar-refractivity contribution in [1.82, 2.24) is 14.6 Å². The van der Waals surface area contributed by atoms with E-state index in [0.29, 0.717) is 18.0 Å². The van der Waals surface area contributed by atoms with E-state index in [1.54, 1.807) is 12.1 Å². The van der Waals surface area contributed by atoms with Crippen LogP contribution < -0.4 is 4.90 Å². The number of hydrogen-bond donors (Lipinski definition) is 0. The number of benzene rings is 1. The van der Waals surface area contributed by atoms with Crippen LogP contribution >= 0.6 is 0 Å². The molecule has 0 unspecified atom stereocenters. The molecular formula is C18H17N5O3. The van der Waals surface area contributed by atoms with Gasteiger partial charge >= 0.3 is 5.82 Å². The molecule has 0 saturated heterocycles. The molecule has 4 rings (SSSR count). The Morgan fingerprint density at radius 1 is 1.27 bits per heavy atom. The molecule has 0 fully saturated rings. The average molecular weight is 351 g/mol. The molecule has 0 bridgehead atoms. The Labute approximate surface area is 148 Å². The first-order valence-corrected chi connectivity index (χ1v) is 8.28. The van der Waals surface area contributed by atoms with E-state index in [9.17, 15) is 10.1 Å². The Kier molecular flexibility index (Phi) is 3.80. The maximum absolute atomic E-state index is 11.1. The molecule has 0 aliphatic heterocycles. The summed E-state index contributed by atoms with van der Waals surface area (Å²) < 4.78 is 7.19. The third-order valence-corrected chi connectivity index (χ3v) is 4.41. The Hall–Kier alpha value is -3.42. The summed E-state index contributed by atoms with van der Waals surface area (Å²) in [5.41, 5.74) is 2.41. The molecule has 0 spiro atoms. The number of aryl methyl sites for hydroxylation is 1. The number of rotatable bonds is 5. The van der Waals surface area contributed by atoms with Crippen molar-refractivity contribution in [3.8, 4) is 0 Å². The monoisotopic (exact) mass is 351 g/mol. The van der Waals surface area contributed by atoms with Crippen LogP contribution in [0, 0.1) is 10.1 Å². The van der Waals surface area contributed by atoms with E-state index in [-0.39, 0.29) is 5.82 Å². The quantitative estimate of drug-likeness (QED) is 0.403. The number of imidazole rings is 1. The van der Waals surface area contributed by atoms with Gasteiger partial charge < -0.3 is 19.4 Å². The van der Waals surface area contributed by atoms with Crippen LogP contribution in [0.5, 0.6) is 0 Å². The van der Waals surface area contributed by atoms with Crippen LogP contribution in [-0.2, 0) is 13.0 Å². The van der Waals surface area contributed by atoms with Gasteiger partial charge in [0, 0.05) is 37.0 Å². The van der Waals surface area contributed by atoms with Crippen LogP contribution in [0.15, 0.2) is 47.0 Å². The fourth-order valence-electron chi connectivity index (χ4n) is 3.11. The van der Waals surface area contributed by atoms with Crippen molar-refractivity contribution in [3.05, 3.63) is 64.0 Å². The number of nitrogens with zero attached hydrogens (tertiary/aromatic N) is 5. The van der Waals surface area contributed by atoms with Gasteiger partial charge in [-0.15, -0.1) is 0 Å². The van der Waals surface area contributed by atoms with Gasteiger partial charge in [-0.2, -0.15) is 0 Å². The number of para-hydroxylation sites is 1. The molecule has 0 aliphatic rings. The minimum atomic E-state index is -0.491. The molecule has 0 radical (unpaired) electrons. The lowest BCUT2D eigenvalue weighted by Gasteiger charge is -2.17. The summed E-state index contributed by atoms with van der Waals surface area (Å²) in [6.45, 7) is 2.64. The number of fused-ring (bicyclic) bond motifs is 2. The molecule has 3 aromatic heterocycles. The van der Waals surface area contributed by atoms with E-state index < -0.39 is 4.92 Å². The Morgan fingerprint density at radius 3 is 2.85 bits per heavy atom. The van der Waals surface area contributed by atoms with Gasteiger partial charge in [0.15, 0.2) is 5.82 Å². The lowest BCUT2D eigenvalue weighted by atomic mass is 10.1. The Bertz CT molecular complexity index is 1110. The maximum Gasteiger partial charge on any atom is 0.368 e. The van der Waals surface area contributed by atoms with Gasteiger partial charge in [-0.05, 0) is 17.1 Å². The third-order valence-electron chi connectivity index (χ3n) is 4.41. The Balaban J connectivity index is 1.73. The van der Waals surface area contributed by atoms with Crippen LogP contribution in [0.25, 0.3) is 16.6 Å². The first-order chi connectivity index (χ1) is 12.6. The predicted octanol–water partition coefficient (Wildman–Crippen LogP) is 3.58. The Morgan fingerprint density at radius 2 is 2.08 bits per heavy atom. The van der Waals surface area contributed by atoms with E-state index >= 15 is 0 Å². The summed E-state index contributed by atoms with van der Waals surface area (Å²) >= 11 is 0. The molecule has 26 heavy (non-hydrogen) atoms. The average Bonchev–Trinajstić information content (AvgIpc) is 3.22. The van der Waals surface area contributed by atoms with E-state index in [0.717, 1.165) is 28.7 Å². The molecule has 0 saturated carbocycles. The molecule has 0 aliphatic carbocycles. The largest absolute Gasteiger partial charge is 0.461 e. The minimum Gasteiger partial charge on any atom is -0.461 e. The van der Waals surface area contributed by atoms with Gasteiger partial charge in [-0.1, -0.05) is 34.7 Å². The summed E-state index contributed by atoms with van der Waals surface area (Å²) in [4.78, 5) is 16.6. The van der Waals surface area contributed by atoms with Crippen LogP contribution in [0.1, 0.15) is 18.2 Å². The van der Waals surface area contributed by atoms with Crippen LogP contribution in [0.3, 0.4) is 0 Å². The van der Waals surface area contributed by atoms with Gasteiger partial charge in [0.2, 0.25) is 5.65 Å².